The highest BCUT2D eigenvalue weighted by Crippen LogP contribution is 2.17. The molecule has 1 aromatic heterocycles. The lowest BCUT2D eigenvalue weighted by atomic mass is 10.2. The number of alkyl carbamates (subject to hydrolysis) is 1. The van der Waals surface area contributed by atoms with Crippen LogP contribution < -0.4 is 5.32 Å². The van der Waals surface area contributed by atoms with Gasteiger partial charge < -0.3 is 19.2 Å². The highest BCUT2D eigenvalue weighted by atomic mass is 16.6. The number of amides is 1. The molecule has 0 saturated carbocycles. The van der Waals surface area contributed by atoms with Gasteiger partial charge in [0.15, 0.2) is 5.69 Å². The van der Waals surface area contributed by atoms with Crippen LogP contribution in [0.25, 0.3) is 0 Å². The molecule has 1 heterocycles. The Labute approximate surface area is 117 Å². The van der Waals surface area contributed by atoms with Gasteiger partial charge in [0.1, 0.15) is 17.9 Å². The summed E-state index contributed by atoms with van der Waals surface area (Å²) in [7, 11) is 1.26. The number of esters is 1. The molecular weight excluding hydrogens is 264 g/mol. The maximum atomic E-state index is 11.7. The van der Waals surface area contributed by atoms with Crippen LogP contribution >= 0.6 is 0 Å². The number of carbonyl (C=O) groups is 2. The monoisotopic (exact) mass is 284 g/mol. The summed E-state index contributed by atoms with van der Waals surface area (Å²) in [6.45, 7) is 7.17. The summed E-state index contributed by atoms with van der Waals surface area (Å²) in [5, 5.41) is 2.64. The van der Waals surface area contributed by atoms with Crippen molar-refractivity contribution in [2.24, 2.45) is 0 Å². The van der Waals surface area contributed by atoms with Crippen LogP contribution in [0.4, 0.5) is 4.79 Å². The molecule has 0 bridgehead atoms. The molecule has 20 heavy (non-hydrogen) atoms. The number of oxazole rings is 1. The van der Waals surface area contributed by atoms with Crippen molar-refractivity contribution in [3.8, 4) is 0 Å². The van der Waals surface area contributed by atoms with Gasteiger partial charge in [-0.1, -0.05) is 6.92 Å². The Morgan fingerprint density at radius 1 is 1.45 bits per heavy atom. The van der Waals surface area contributed by atoms with E-state index in [9.17, 15) is 9.59 Å². The second-order valence-electron chi connectivity index (χ2n) is 5.17. The Bertz CT molecular complexity index is 475. The quantitative estimate of drug-likeness (QED) is 0.854. The first-order valence-corrected chi connectivity index (χ1v) is 6.30. The fourth-order valence-electron chi connectivity index (χ4n) is 1.43. The topological polar surface area (TPSA) is 90.7 Å². The Morgan fingerprint density at radius 3 is 2.60 bits per heavy atom. The van der Waals surface area contributed by atoms with E-state index in [4.69, 9.17) is 9.15 Å². The van der Waals surface area contributed by atoms with Gasteiger partial charge in [-0.3, -0.25) is 0 Å². The number of carbonyl (C=O) groups excluding carboxylic acids is 2. The minimum absolute atomic E-state index is 0.0620. The lowest BCUT2D eigenvalue weighted by Gasteiger charge is -2.21. The number of hydrogen-bond donors (Lipinski definition) is 1. The van der Waals surface area contributed by atoms with Crippen molar-refractivity contribution in [1.82, 2.24) is 10.3 Å². The summed E-state index contributed by atoms with van der Waals surface area (Å²) in [6.07, 6.45) is 1.17. The van der Waals surface area contributed by atoms with Gasteiger partial charge in [0, 0.05) is 0 Å². The van der Waals surface area contributed by atoms with Crippen LogP contribution in [0.2, 0.25) is 0 Å². The Kier molecular flexibility index (Phi) is 5.12. The van der Waals surface area contributed by atoms with Gasteiger partial charge in [-0.15, -0.1) is 0 Å². The number of rotatable bonds is 4. The largest absolute Gasteiger partial charge is 0.464 e. The lowest BCUT2D eigenvalue weighted by molar-refractivity contribution is 0.0493. The van der Waals surface area contributed by atoms with Crippen LogP contribution in [-0.4, -0.2) is 29.8 Å². The van der Waals surface area contributed by atoms with Crippen molar-refractivity contribution in [2.45, 2.75) is 45.8 Å². The van der Waals surface area contributed by atoms with Gasteiger partial charge in [0.25, 0.3) is 0 Å². The van der Waals surface area contributed by atoms with Crippen molar-refractivity contribution in [1.29, 1.82) is 0 Å². The minimum Gasteiger partial charge on any atom is -0.464 e. The fraction of sp³-hybridized carbons (Fsp3) is 0.615. The number of methoxy groups -OCH3 is 1. The molecule has 7 nitrogen and oxygen atoms in total. The highest BCUT2D eigenvalue weighted by Gasteiger charge is 2.23. The van der Waals surface area contributed by atoms with Crippen molar-refractivity contribution in [3.63, 3.8) is 0 Å². The minimum atomic E-state index is -0.591. The summed E-state index contributed by atoms with van der Waals surface area (Å²) < 4.78 is 14.9. The molecule has 1 amide bonds. The molecule has 0 radical (unpaired) electrons. The van der Waals surface area contributed by atoms with Crippen molar-refractivity contribution < 1.29 is 23.5 Å². The third kappa shape index (κ3) is 4.56. The zero-order valence-corrected chi connectivity index (χ0v) is 12.4. The van der Waals surface area contributed by atoms with E-state index < -0.39 is 23.7 Å². The third-order valence-electron chi connectivity index (χ3n) is 2.31. The lowest BCUT2D eigenvalue weighted by Crippen LogP contribution is -2.35. The van der Waals surface area contributed by atoms with Gasteiger partial charge in [-0.05, 0) is 27.2 Å². The zero-order valence-electron chi connectivity index (χ0n) is 12.4. The van der Waals surface area contributed by atoms with E-state index in [1.165, 1.54) is 13.4 Å². The van der Waals surface area contributed by atoms with Crippen LogP contribution in [0.1, 0.15) is 56.5 Å². The number of hydrogen-bond acceptors (Lipinski definition) is 6. The SMILES string of the molecule is CC[C@H](NC(=O)OC(C)(C)C)c1nc(C(=O)OC)co1. The van der Waals surface area contributed by atoms with E-state index in [1.807, 2.05) is 6.92 Å². The van der Waals surface area contributed by atoms with E-state index >= 15 is 0 Å². The maximum Gasteiger partial charge on any atom is 0.408 e. The second kappa shape index (κ2) is 6.40. The molecule has 0 unspecified atom stereocenters. The number of ether oxygens (including phenoxy) is 2. The molecule has 0 aliphatic carbocycles. The normalized spacial score (nSPS) is 12.7. The summed E-state index contributed by atoms with van der Waals surface area (Å²) in [6, 6.07) is -0.469. The van der Waals surface area contributed by atoms with E-state index in [-0.39, 0.29) is 11.6 Å². The smallest absolute Gasteiger partial charge is 0.408 e. The van der Waals surface area contributed by atoms with Crippen LogP contribution in [0.15, 0.2) is 10.7 Å². The fourth-order valence-corrected chi connectivity index (χ4v) is 1.43. The van der Waals surface area contributed by atoms with Gasteiger partial charge in [-0.2, -0.15) is 0 Å². The van der Waals surface area contributed by atoms with Crippen LogP contribution in [0.3, 0.4) is 0 Å². The molecule has 1 aromatic rings. The van der Waals surface area contributed by atoms with Crippen molar-refractivity contribution >= 4 is 12.1 Å². The number of nitrogens with zero attached hydrogens (tertiary/aromatic N) is 1. The first-order chi connectivity index (χ1) is 9.26. The van der Waals surface area contributed by atoms with Crippen molar-refractivity contribution in [2.75, 3.05) is 7.11 Å². The van der Waals surface area contributed by atoms with E-state index in [0.717, 1.165) is 0 Å². The second-order valence-corrected chi connectivity index (χ2v) is 5.17. The molecular formula is C13H20N2O5. The molecule has 0 spiro atoms. The molecule has 0 saturated heterocycles. The average Bonchev–Trinajstić information content (AvgIpc) is 2.82. The molecule has 1 rings (SSSR count). The van der Waals surface area contributed by atoms with Crippen LogP contribution in [0.5, 0.6) is 0 Å². The van der Waals surface area contributed by atoms with Gasteiger partial charge in [0.05, 0.1) is 7.11 Å². The molecule has 1 atom stereocenters. The van der Waals surface area contributed by atoms with Crippen LogP contribution in [-0.2, 0) is 9.47 Å². The molecule has 0 aromatic carbocycles. The maximum absolute atomic E-state index is 11.7. The standard InChI is InChI=1S/C13H20N2O5/c1-6-8(15-12(17)20-13(2,3)4)10-14-9(7-19-10)11(16)18-5/h7-8H,6H2,1-5H3,(H,15,17)/t8-/m0/s1. The Hall–Kier alpha value is -2.05. The highest BCUT2D eigenvalue weighted by molar-refractivity contribution is 5.86. The van der Waals surface area contributed by atoms with Gasteiger partial charge in [-0.25, -0.2) is 14.6 Å². The van der Waals surface area contributed by atoms with Crippen molar-refractivity contribution in [3.05, 3.63) is 17.8 Å². The van der Waals surface area contributed by atoms with Gasteiger partial charge in [0.2, 0.25) is 5.89 Å². The van der Waals surface area contributed by atoms with Gasteiger partial charge >= 0.3 is 12.1 Å². The van der Waals surface area contributed by atoms with E-state index in [2.05, 4.69) is 15.0 Å². The Balaban J connectivity index is 2.74. The summed E-state index contributed by atoms with van der Waals surface area (Å²) in [5.74, 6) is -0.356. The van der Waals surface area contributed by atoms with E-state index in [0.29, 0.717) is 6.42 Å². The van der Waals surface area contributed by atoms with Crippen LogP contribution in [0, 0.1) is 0 Å². The Morgan fingerprint density at radius 2 is 2.10 bits per heavy atom. The molecule has 0 aliphatic rings. The first-order valence-electron chi connectivity index (χ1n) is 6.30. The summed E-state index contributed by atoms with van der Waals surface area (Å²) in [5.41, 5.74) is -0.525. The molecule has 112 valence electrons. The first kappa shape index (κ1) is 16.0. The third-order valence-corrected chi connectivity index (χ3v) is 2.31. The molecule has 0 aliphatic heterocycles. The number of nitrogens with one attached hydrogen (secondary N) is 1. The molecule has 0 fully saturated rings. The summed E-state index contributed by atoms with van der Waals surface area (Å²) in [4.78, 5) is 27.0. The molecule has 1 N–H and O–H groups in total. The predicted octanol–water partition coefficient (Wildman–Crippen LogP) is 2.44. The molecule has 7 heteroatoms. The summed E-state index contributed by atoms with van der Waals surface area (Å²) >= 11 is 0. The van der Waals surface area contributed by atoms with E-state index in [1.54, 1.807) is 20.8 Å². The average molecular weight is 284 g/mol. The number of aromatic nitrogens is 1. The predicted molar refractivity (Wildman–Crippen MR) is 70.2 cm³/mol. The zero-order chi connectivity index (χ0) is 15.3.